The first-order valence-electron chi connectivity index (χ1n) is 13.2. The Morgan fingerprint density at radius 2 is 1.61 bits per heavy atom. The number of nitrogens with one attached hydrogen (secondary N) is 3. The molecule has 208 valence electrons. The monoisotopic (exact) mass is 550 g/mol. The first-order chi connectivity index (χ1) is 19.9. The molecule has 1 atom stereocenters. The molecule has 0 saturated carbocycles. The van der Waals surface area contributed by atoms with Crippen molar-refractivity contribution in [2.75, 3.05) is 5.32 Å². The summed E-state index contributed by atoms with van der Waals surface area (Å²) in [6.45, 7) is 0.259. The molecule has 2 heterocycles. The molecule has 1 aromatic heterocycles. The van der Waals surface area contributed by atoms with E-state index in [0.717, 1.165) is 16.7 Å². The summed E-state index contributed by atoms with van der Waals surface area (Å²) in [4.78, 5) is 44.7. The van der Waals surface area contributed by atoms with Gasteiger partial charge in [0.1, 0.15) is 29.5 Å². The van der Waals surface area contributed by atoms with E-state index in [1.54, 1.807) is 24.3 Å². The van der Waals surface area contributed by atoms with Gasteiger partial charge in [-0.2, -0.15) is 0 Å². The van der Waals surface area contributed by atoms with Gasteiger partial charge in [-0.15, -0.1) is 0 Å². The molecule has 0 spiro atoms. The second-order valence-corrected chi connectivity index (χ2v) is 9.90. The second-order valence-electron chi connectivity index (χ2n) is 9.90. The molecule has 5 rings (SSSR count). The highest BCUT2D eigenvalue weighted by Gasteiger charge is 2.47. The maximum absolute atomic E-state index is 14.0. The first-order valence-corrected chi connectivity index (χ1v) is 13.2. The average Bonchev–Trinajstić information content (AvgIpc) is 3.37. The van der Waals surface area contributed by atoms with Gasteiger partial charge in [0.2, 0.25) is 5.91 Å². The zero-order chi connectivity index (χ0) is 28.8. The number of nitrogens with two attached hydrogens (primary N) is 1. The molecule has 0 saturated heterocycles. The molecular formula is C31H30N6O4. The lowest BCUT2D eigenvalue weighted by Crippen LogP contribution is -2.52. The lowest BCUT2D eigenvalue weighted by Gasteiger charge is -2.31. The molecule has 4 aromatic rings. The summed E-state index contributed by atoms with van der Waals surface area (Å²) in [5, 5.41) is 13.1. The molecule has 10 nitrogen and oxygen atoms in total. The minimum Gasteiger partial charge on any atom is -0.444 e. The Bertz CT molecular complexity index is 1620. The van der Waals surface area contributed by atoms with E-state index < -0.39 is 17.2 Å². The molecule has 0 aliphatic carbocycles. The molecule has 2 amide bonds. The van der Waals surface area contributed by atoms with Crippen molar-refractivity contribution in [1.82, 2.24) is 14.9 Å². The molecule has 5 N–H and O–H groups in total. The van der Waals surface area contributed by atoms with Gasteiger partial charge in [-0.1, -0.05) is 84.9 Å². The van der Waals surface area contributed by atoms with Crippen LogP contribution in [0, 0.1) is 5.41 Å². The van der Waals surface area contributed by atoms with Crippen LogP contribution in [-0.2, 0) is 41.1 Å². The van der Waals surface area contributed by atoms with Crippen LogP contribution >= 0.6 is 0 Å². The number of rotatable bonds is 9. The first kappa shape index (κ1) is 27.3. The number of hydrogen-bond donors (Lipinski definition) is 4. The normalized spacial score (nSPS) is 15.5. The van der Waals surface area contributed by atoms with Crippen molar-refractivity contribution in [3.8, 4) is 0 Å². The van der Waals surface area contributed by atoms with Crippen molar-refractivity contribution in [3.63, 3.8) is 0 Å². The fourth-order valence-corrected chi connectivity index (χ4v) is 5.04. The van der Waals surface area contributed by atoms with Crippen LogP contribution in [0.1, 0.15) is 34.5 Å². The average molecular weight is 551 g/mol. The number of fused-ring (bicyclic) bond motifs is 1. The van der Waals surface area contributed by atoms with E-state index in [2.05, 4.69) is 15.6 Å². The van der Waals surface area contributed by atoms with Crippen LogP contribution in [0.2, 0.25) is 0 Å². The van der Waals surface area contributed by atoms with Crippen LogP contribution in [-0.4, -0.2) is 27.4 Å². The topological polar surface area (TPSA) is 152 Å². The van der Waals surface area contributed by atoms with Crippen molar-refractivity contribution in [2.45, 2.75) is 38.0 Å². The van der Waals surface area contributed by atoms with Crippen LogP contribution < -0.4 is 21.9 Å². The fraction of sp³-hybridized carbons (Fsp3) is 0.194. The zero-order valence-corrected chi connectivity index (χ0v) is 22.3. The number of amides is 2. The summed E-state index contributed by atoms with van der Waals surface area (Å²) in [6, 6.07) is 25.7. The van der Waals surface area contributed by atoms with Gasteiger partial charge in [-0.25, -0.2) is 9.78 Å². The highest BCUT2D eigenvalue weighted by Crippen LogP contribution is 2.34. The number of nitrogen functional groups attached to an aromatic ring is 1. The van der Waals surface area contributed by atoms with Crippen molar-refractivity contribution in [2.24, 2.45) is 5.73 Å². The van der Waals surface area contributed by atoms with E-state index in [0.29, 0.717) is 24.2 Å². The quantitative estimate of drug-likeness (QED) is 0.185. The maximum atomic E-state index is 14.0. The van der Waals surface area contributed by atoms with Gasteiger partial charge in [-0.3, -0.25) is 24.9 Å². The van der Waals surface area contributed by atoms with E-state index in [1.165, 1.54) is 10.8 Å². The molecular weight excluding hydrogens is 520 g/mol. The maximum Gasteiger partial charge on any atom is 0.412 e. The molecule has 0 radical (unpaired) electrons. The molecule has 0 fully saturated rings. The Morgan fingerprint density at radius 1 is 0.951 bits per heavy atom. The number of benzene rings is 3. The SMILES string of the molecule is N=C(N)c1ccc(CNC(=O)C2(Cc3ccccc3)CCc3ncc(NC(=O)OCc4ccccc4)c(=O)n32)cc1. The Labute approximate surface area is 236 Å². The molecule has 3 aromatic carbocycles. The number of aromatic nitrogens is 2. The van der Waals surface area contributed by atoms with Gasteiger partial charge < -0.3 is 15.8 Å². The van der Waals surface area contributed by atoms with Crippen molar-refractivity contribution in [1.29, 1.82) is 5.41 Å². The van der Waals surface area contributed by atoms with Crippen LogP contribution in [0.3, 0.4) is 0 Å². The van der Waals surface area contributed by atoms with E-state index in [4.69, 9.17) is 15.9 Å². The summed E-state index contributed by atoms with van der Waals surface area (Å²) in [5.74, 6) is 0.101. The summed E-state index contributed by atoms with van der Waals surface area (Å²) < 4.78 is 6.70. The van der Waals surface area contributed by atoms with Gasteiger partial charge >= 0.3 is 6.09 Å². The minimum absolute atomic E-state index is 0.0369. The summed E-state index contributed by atoms with van der Waals surface area (Å²) in [6.07, 6.45) is 1.56. The van der Waals surface area contributed by atoms with Gasteiger partial charge in [-0.05, 0) is 23.1 Å². The van der Waals surface area contributed by atoms with Crippen molar-refractivity contribution in [3.05, 3.63) is 130 Å². The number of ether oxygens (including phenoxy) is 1. The number of hydrogen-bond acceptors (Lipinski definition) is 6. The van der Waals surface area contributed by atoms with E-state index in [-0.39, 0.29) is 37.0 Å². The number of anilines is 1. The zero-order valence-electron chi connectivity index (χ0n) is 22.3. The fourth-order valence-electron chi connectivity index (χ4n) is 5.04. The lowest BCUT2D eigenvalue weighted by molar-refractivity contribution is -0.130. The smallest absolute Gasteiger partial charge is 0.412 e. The Kier molecular flexibility index (Phi) is 7.91. The third-order valence-electron chi connectivity index (χ3n) is 7.15. The summed E-state index contributed by atoms with van der Waals surface area (Å²) >= 11 is 0. The number of aryl methyl sites for hydroxylation is 1. The highest BCUT2D eigenvalue weighted by molar-refractivity contribution is 5.95. The molecule has 1 unspecified atom stereocenters. The van der Waals surface area contributed by atoms with Crippen LogP contribution in [0.4, 0.5) is 10.5 Å². The largest absolute Gasteiger partial charge is 0.444 e. The minimum atomic E-state index is -1.26. The molecule has 1 aliphatic heterocycles. The summed E-state index contributed by atoms with van der Waals surface area (Å²) in [7, 11) is 0. The van der Waals surface area contributed by atoms with Gasteiger partial charge in [0.15, 0.2) is 0 Å². The lowest BCUT2D eigenvalue weighted by atomic mass is 9.87. The number of amidine groups is 1. The van der Waals surface area contributed by atoms with Crippen LogP contribution in [0.5, 0.6) is 0 Å². The van der Waals surface area contributed by atoms with E-state index in [9.17, 15) is 14.4 Å². The number of carbonyl (C=O) groups excluding carboxylic acids is 2. The number of nitrogens with zero attached hydrogens (tertiary/aromatic N) is 2. The molecule has 41 heavy (non-hydrogen) atoms. The molecule has 10 heteroatoms. The Morgan fingerprint density at radius 3 is 2.27 bits per heavy atom. The Hall–Kier alpha value is -5.25. The van der Waals surface area contributed by atoms with Crippen molar-refractivity contribution < 1.29 is 14.3 Å². The summed E-state index contributed by atoms with van der Waals surface area (Å²) in [5.41, 5.74) is 6.79. The van der Waals surface area contributed by atoms with Crippen LogP contribution in [0.15, 0.2) is 95.9 Å². The van der Waals surface area contributed by atoms with Crippen molar-refractivity contribution >= 4 is 23.5 Å². The predicted molar refractivity (Wildman–Crippen MR) is 154 cm³/mol. The van der Waals surface area contributed by atoms with E-state index >= 15 is 0 Å². The predicted octanol–water partition coefficient (Wildman–Crippen LogP) is 3.48. The number of carbonyl (C=O) groups is 2. The highest BCUT2D eigenvalue weighted by atomic mass is 16.5. The molecule has 1 aliphatic rings. The van der Waals surface area contributed by atoms with Gasteiger partial charge in [0, 0.05) is 24.9 Å². The third-order valence-corrected chi connectivity index (χ3v) is 7.15. The molecule has 0 bridgehead atoms. The standard InChI is InChI=1S/C31H30N6O4/c32-27(33)24-13-11-22(12-14-24)18-35-29(39)31(17-21-7-3-1-4-8-21)16-15-26-34-19-25(28(38)37(26)31)36-30(40)41-20-23-9-5-2-6-10-23/h1-14,19H,15-18,20H2,(H3,32,33)(H,35,39)(H,36,40). The van der Waals surface area contributed by atoms with E-state index in [1.807, 2.05) is 60.7 Å². The van der Waals surface area contributed by atoms with Gasteiger partial charge in [0.05, 0.1) is 6.20 Å². The Balaban J connectivity index is 1.41. The van der Waals surface area contributed by atoms with Gasteiger partial charge in [0.25, 0.3) is 5.56 Å². The second kappa shape index (κ2) is 11.9. The third kappa shape index (κ3) is 6.01. The van der Waals surface area contributed by atoms with Crippen LogP contribution in [0.25, 0.3) is 0 Å².